The van der Waals surface area contributed by atoms with E-state index in [1.807, 2.05) is 6.92 Å². The molecule has 2 aliphatic carbocycles. The molecule has 1 saturated carbocycles. The van der Waals surface area contributed by atoms with Crippen LogP contribution >= 0.6 is 0 Å². The second-order valence-electron chi connectivity index (χ2n) is 5.04. The van der Waals surface area contributed by atoms with Crippen molar-refractivity contribution >= 4 is 0 Å². The van der Waals surface area contributed by atoms with Crippen LogP contribution in [0.3, 0.4) is 0 Å². The van der Waals surface area contributed by atoms with E-state index in [0.29, 0.717) is 6.42 Å². The summed E-state index contributed by atoms with van der Waals surface area (Å²) in [5.74, 6) is 0.0987. The predicted molar refractivity (Wildman–Crippen MR) is 55.9 cm³/mol. The zero-order valence-electron chi connectivity index (χ0n) is 9.08. The summed E-state index contributed by atoms with van der Waals surface area (Å²) >= 11 is 0. The van der Waals surface area contributed by atoms with E-state index in [2.05, 4.69) is 13.0 Å². The number of hydrogen-bond donors (Lipinski definition) is 2. The molecule has 2 rings (SSSR count). The highest BCUT2D eigenvalue weighted by atomic mass is 16.4. The molecule has 0 amide bonds. The van der Waals surface area contributed by atoms with Gasteiger partial charge < -0.3 is 10.2 Å². The average molecular weight is 196 g/mol. The van der Waals surface area contributed by atoms with Crippen molar-refractivity contribution in [3.8, 4) is 0 Å². The molecule has 2 N–H and O–H groups in total. The molecule has 0 saturated heterocycles. The Kier molecular flexibility index (Phi) is 2.24. The third-order valence-corrected chi connectivity index (χ3v) is 4.37. The summed E-state index contributed by atoms with van der Waals surface area (Å²) in [5, 5.41) is 21.0. The van der Waals surface area contributed by atoms with Crippen LogP contribution in [0.4, 0.5) is 0 Å². The molecular weight excluding hydrogens is 176 g/mol. The van der Waals surface area contributed by atoms with Crippen LogP contribution in [0.15, 0.2) is 11.6 Å². The van der Waals surface area contributed by atoms with Gasteiger partial charge in [-0.1, -0.05) is 31.4 Å². The van der Waals surface area contributed by atoms with Gasteiger partial charge in [-0.15, -0.1) is 0 Å². The van der Waals surface area contributed by atoms with Crippen molar-refractivity contribution in [1.29, 1.82) is 0 Å². The molecule has 0 bridgehead atoms. The van der Waals surface area contributed by atoms with Crippen LogP contribution in [0.5, 0.6) is 0 Å². The number of rotatable bonds is 0. The summed E-state index contributed by atoms with van der Waals surface area (Å²) in [7, 11) is 0. The molecule has 3 atom stereocenters. The van der Waals surface area contributed by atoms with E-state index in [1.54, 1.807) is 0 Å². The lowest BCUT2D eigenvalue weighted by molar-refractivity contribution is -0.197. The third-order valence-electron chi connectivity index (χ3n) is 4.37. The van der Waals surface area contributed by atoms with Crippen molar-refractivity contribution < 1.29 is 10.2 Å². The van der Waals surface area contributed by atoms with Crippen LogP contribution in [-0.2, 0) is 0 Å². The Morgan fingerprint density at radius 3 is 2.64 bits per heavy atom. The van der Waals surface area contributed by atoms with Gasteiger partial charge in [-0.2, -0.15) is 0 Å². The van der Waals surface area contributed by atoms with Crippen molar-refractivity contribution in [3.63, 3.8) is 0 Å². The van der Waals surface area contributed by atoms with E-state index in [1.165, 1.54) is 5.57 Å². The Morgan fingerprint density at radius 1 is 1.29 bits per heavy atom. The van der Waals surface area contributed by atoms with Gasteiger partial charge in [0.25, 0.3) is 0 Å². The average Bonchev–Trinajstić information content (AvgIpc) is 2.16. The van der Waals surface area contributed by atoms with E-state index >= 15 is 0 Å². The fraction of sp³-hybridized carbons (Fsp3) is 0.833. The van der Waals surface area contributed by atoms with E-state index < -0.39 is 11.2 Å². The molecule has 14 heavy (non-hydrogen) atoms. The van der Waals surface area contributed by atoms with E-state index in [0.717, 1.165) is 25.7 Å². The molecule has 0 radical (unpaired) electrons. The third kappa shape index (κ3) is 1.17. The fourth-order valence-electron chi connectivity index (χ4n) is 3.04. The van der Waals surface area contributed by atoms with Crippen molar-refractivity contribution in [2.75, 3.05) is 0 Å². The lowest BCUT2D eigenvalue weighted by atomic mass is 9.60. The highest BCUT2D eigenvalue weighted by Gasteiger charge is 2.55. The summed E-state index contributed by atoms with van der Waals surface area (Å²) < 4.78 is 0. The molecule has 2 nitrogen and oxygen atoms in total. The van der Waals surface area contributed by atoms with Crippen LogP contribution in [0.2, 0.25) is 0 Å². The van der Waals surface area contributed by atoms with Crippen LogP contribution in [0.25, 0.3) is 0 Å². The van der Waals surface area contributed by atoms with Crippen LogP contribution in [0.1, 0.15) is 46.0 Å². The summed E-state index contributed by atoms with van der Waals surface area (Å²) in [6, 6.07) is 0. The van der Waals surface area contributed by atoms with Gasteiger partial charge in [0, 0.05) is 5.92 Å². The van der Waals surface area contributed by atoms with Gasteiger partial charge in [0.1, 0.15) is 0 Å². The summed E-state index contributed by atoms with van der Waals surface area (Å²) in [6.07, 6.45) is 6.28. The van der Waals surface area contributed by atoms with Crippen molar-refractivity contribution in [3.05, 3.63) is 11.6 Å². The number of fused-ring (bicyclic) bond motifs is 1. The molecular formula is C12H20O2. The molecule has 2 aliphatic rings. The Labute approximate surface area is 85.6 Å². The molecule has 0 heterocycles. The molecule has 1 fully saturated rings. The molecule has 80 valence electrons. The number of aliphatic hydroxyl groups is 2. The number of hydrogen-bond acceptors (Lipinski definition) is 2. The molecule has 0 spiro atoms. The fourth-order valence-corrected chi connectivity index (χ4v) is 3.04. The molecule has 0 unspecified atom stereocenters. The van der Waals surface area contributed by atoms with Crippen molar-refractivity contribution in [1.82, 2.24) is 0 Å². The standard InChI is InChI=1S/C12H20O2/c1-9-5-8-11(13)6-3-4-7-12(11,14)10(9)2/h5,10,13-14H,3-4,6-8H2,1-2H3/t10-,11+,12-/m1/s1. The lowest BCUT2D eigenvalue weighted by Crippen LogP contribution is -2.61. The predicted octanol–water partition coefficient (Wildman–Crippen LogP) is 2.01. The molecule has 0 aromatic heterocycles. The minimum absolute atomic E-state index is 0.0987. The van der Waals surface area contributed by atoms with Gasteiger partial charge in [0.2, 0.25) is 0 Å². The van der Waals surface area contributed by atoms with Gasteiger partial charge in [-0.3, -0.25) is 0 Å². The first kappa shape index (κ1) is 10.2. The summed E-state index contributed by atoms with van der Waals surface area (Å²) in [6.45, 7) is 4.08. The zero-order chi connectivity index (χ0) is 10.4. The summed E-state index contributed by atoms with van der Waals surface area (Å²) in [4.78, 5) is 0. The van der Waals surface area contributed by atoms with Gasteiger partial charge in [-0.25, -0.2) is 0 Å². The van der Waals surface area contributed by atoms with E-state index in [-0.39, 0.29) is 5.92 Å². The van der Waals surface area contributed by atoms with Gasteiger partial charge in [0.15, 0.2) is 0 Å². The first-order valence-corrected chi connectivity index (χ1v) is 5.61. The quantitative estimate of drug-likeness (QED) is 0.582. The summed E-state index contributed by atoms with van der Waals surface area (Å²) in [5.41, 5.74) is -0.507. The molecule has 0 aromatic carbocycles. The Hall–Kier alpha value is -0.340. The SMILES string of the molecule is CC1=CC[C@@]2(O)CCCC[C@@]2(O)[C@@H]1C. The van der Waals surface area contributed by atoms with E-state index in [4.69, 9.17) is 0 Å². The normalized spacial score (nSPS) is 48.3. The topological polar surface area (TPSA) is 40.5 Å². The minimum Gasteiger partial charge on any atom is -0.387 e. The largest absolute Gasteiger partial charge is 0.387 e. The van der Waals surface area contributed by atoms with Gasteiger partial charge >= 0.3 is 0 Å². The lowest BCUT2D eigenvalue weighted by Gasteiger charge is -2.52. The zero-order valence-corrected chi connectivity index (χ0v) is 9.08. The van der Waals surface area contributed by atoms with Crippen molar-refractivity contribution in [2.45, 2.75) is 57.2 Å². The highest BCUT2D eigenvalue weighted by molar-refractivity contribution is 5.22. The van der Waals surface area contributed by atoms with Crippen LogP contribution in [0, 0.1) is 5.92 Å². The second-order valence-corrected chi connectivity index (χ2v) is 5.04. The Bertz CT molecular complexity index is 271. The monoisotopic (exact) mass is 196 g/mol. The first-order chi connectivity index (χ1) is 6.50. The maximum atomic E-state index is 10.6. The second kappa shape index (κ2) is 3.07. The maximum absolute atomic E-state index is 10.6. The van der Waals surface area contributed by atoms with E-state index in [9.17, 15) is 10.2 Å². The maximum Gasteiger partial charge on any atom is 0.0998 e. The highest BCUT2D eigenvalue weighted by Crippen LogP contribution is 2.49. The smallest absolute Gasteiger partial charge is 0.0998 e. The van der Waals surface area contributed by atoms with Crippen LogP contribution < -0.4 is 0 Å². The van der Waals surface area contributed by atoms with Crippen LogP contribution in [-0.4, -0.2) is 21.4 Å². The van der Waals surface area contributed by atoms with Crippen molar-refractivity contribution in [2.24, 2.45) is 5.92 Å². The van der Waals surface area contributed by atoms with Gasteiger partial charge in [0.05, 0.1) is 11.2 Å². The Balaban J connectivity index is 2.39. The molecule has 2 heteroatoms. The Morgan fingerprint density at radius 2 is 1.93 bits per heavy atom. The van der Waals surface area contributed by atoms with Gasteiger partial charge in [-0.05, 0) is 26.2 Å². The first-order valence-electron chi connectivity index (χ1n) is 5.61. The molecule has 0 aliphatic heterocycles. The minimum atomic E-state index is -0.871. The molecule has 0 aromatic rings.